The molecule has 0 aliphatic heterocycles. The summed E-state index contributed by atoms with van der Waals surface area (Å²) in [7, 11) is 0. The smallest absolute Gasteiger partial charge is 0.226 e. The van der Waals surface area contributed by atoms with Gasteiger partial charge in [0, 0.05) is 11.9 Å². The lowest BCUT2D eigenvalue weighted by molar-refractivity contribution is -0.120. The topological polar surface area (TPSA) is 51.2 Å². The lowest BCUT2D eigenvalue weighted by Gasteiger charge is -2.05. The van der Waals surface area contributed by atoms with Crippen LogP contribution in [0.25, 0.3) is 9.88 Å². The van der Waals surface area contributed by atoms with Crippen LogP contribution in [0.5, 0.6) is 0 Å². The Morgan fingerprint density at radius 3 is 3.05 bits per heavy atom. The van der Waals surface area contributed by atoms with Crippen LogP contribution in [0.4, 0.5) is 0 Å². The first-order valence-corrected chi connectivity index (χ1v) is 8.38. The molecule has 4 nitrogen and oxygen atoms in total. The van der Waals surface area contributed by atoms with E-state index in [4.69, 9.17) is 4.74 Å². The number of nitrogens with zero attached hydrogens (tertiary/aromatic N) is 1. The minimum atomic E-state index is -0.0306. The molecule has 0 fully saturated rings. The van der Waals surface area contributed by atoms with Crippen LogP contribution in [0.3, 0.4) is 0 Å². The van der Waals surface area contributed by atoms with Gasteiger partial charge < -0.3 is 10.1 Å². The molecule has 0 unspecified atom stereocenters. The van der Waals surface area contributed by atoms with Crippen LogP contribution in [0, 0.1) is 0 Å². The minimum Gasteiger partial charge on any atom is -0.375 e. The van der Waals surface area contributed by atoms with Gasteiger partial charge in [-0.1, -0.05) is 18.2 Å². The zero-order chi connectivity index (χ0) is 15.1. The maximum Gasteiger partial charge on any atom is 0.226 e. The van der Waals surface area contributed by atoms with Crippen LogP contribution in [0.2, 0.25) is 0 Å². The summed E-state index contributed by atoms with van der Waals surface area (Å²) in [6, 6.07) is 4.03. The van der Waals surface area contributed by atoms with Crippen molar-refractivity contribution in [3.63, 3.8) is 0 Å². The Kier molecular flexibility index (Phi) is 6.10. The van der Waals surface area contributed by atoms with E-state index in [0.717, 1.165) is 21.2 Å². The first-order chi connectivity index (χ1) is 10.1. The van der Waals surface area contributed by atoms with Crippen molar-refractivity contribution in [1.29, 1.82) is 0 Å². The van der Waals surface area contributed by atoms with E-state index in [1.54, 1.807) is 22.7 Å². The fourth-order valence-electron chi connectivity index (χ4n) is 1.64. The predicted octanol–water partition coefficient (Wildman–Crippen LogP) is 3.12. The zero-order valence-electron chi connectivity index (χ0n) is 11.9. The van der Waals surface area contributed by atoms with Gasteiger partial charge >= 0.3 is 0 Å². The number of thiazole rings is 1. The highest BCUT2D eigenvalue weighted by Crippen LogP contribution is 2.27. The van der Waals surface area contributed by atoms with Gasteiger partial charge in [0.1, 0.15) is 5.01 Å². The molecular formula is C15H18N2O2S2. The van der Waals surface area contributed by atoms with E-state index in [1.807, 2.05) is 29.8 Å². The number of ether oxygens (including phenoxy) is 1. The lowest BCUT2D eigenvalue weighted by Crippen LogP contribution is -2.28. The summed E-state index contributed by atoms with van der Waals surface area (Å²) in [6.45, 7) is 7.20. The molecule has 1 amide bonds. The molecule has 2 aromatic rings. The van der Waals surface area contributed by atoms with Gasteiger partial charge in [0.15, 0.2) is 0 Å². The number of nitrogens with one attached hydrogen (secondary N) is 1. The molecule has 0 saturated heterocycles. The van der Waals surface area contributed by atoms with Gasteiger partial charge in [-0.25, -0.2) is 4.98 Å². The van der Waals surface area contributed by atoms with Crippen LogP contribution in [-0.4, -0.2) is 30.6 Å². The molecule has 0 bridgehead atoms. The van der Waals surface area contributed by atoms with Crippen LogP contribution >= 0.6 is 22.7 Å². The molecule has 0 aliphatic rings. The van der Waals surface area contributed by atoms with Crippen molar-refractivity contribution in [1.82, 2.24) is 10.3 Å². The van der Waals surface area contributed by atoms with Crippen molar-refractivity contribution in [3.8, 4) is 9.88 Å². The average molecular weight is 322 g/mol. The first kappa shape index (κ1) is 15.9. The van der Waals surface area contributed by atoms with Crippen LogP contribution in [-0.2, 0) is 16.0 Å². The standard InChI is InChI=1S/C15H18N2O2S2/c1-11(2)9-19-6-5-16-14(18)8-12-10-21-15(17-12)13-4-3-7-20-13/h3-4,7,10H,1,5-6,8-9H2,2H3,(H,16,18). The number of carbonyl (C=O) groups is 1. The molecule has 2 heterocycles. The Morgan fingerprint density at radius 2 is 2.33 bits per heavy atom. The van der Waals surface area contributed by atoms with E-state index < -0.39 is 0 Å². The fourth-order valence-corrected chi connectivity index (χ4v) is 3.27. The second kappa shape index (κ2) is 8.07. The van der Waals surface area contributed by atoms with Crippen molar-refractivity contribution in [3.05, 3.63) is 40.7 Å². The largest absolute Gasteiger partial charge is 0.375 e. The van der Waals surface area contributed by atoms with Crippen molar-refractivity contribution in [2.75, 3.05) is 19.8 Å². The van der Waals surface area contributed by atoms with Gasteiger partial charge in [-0.3, -0.25) is 4.79 Å². The molecule has 0 radical (unpaired) electrons. The molecule has 1 N–H and O–H groups in total. The minimum absolute atomic E-state index is 0.0306. The average Bonchev–Trinajstić information content (AvgIpc) is 3.08. The van der Waals surface area contributed by atoms with Crippen LogP contribution < -0.4 is 5.32 Å². The van der Waals surface area contributed by atoms with Gasteiger partial charge in [-0.05, 0) is 18.4 Å². The van der Waals surface area contributed by atoms with Gasteiger partial charge in [0.25, 0.3) is 0 Å². The van der Waals surface area contributed by atoms with E-state index in [2.05, 4.69) is 16.9 Å². The van der Waals surface area contributed by atoms with E-state index >= 15 is 0 Å². The number of amides is 1. The molecule has 21 heavy (non-hydrogen) atoms. The van der Waals surface area contributed by atoms with Crippen molar-refractivity contribution in [2.45, 2.75) is 13.3 Å². The molecule has 6 heteroatoms. The van der Waals surface area contributed by atoms with Crippen molar-refractivity contribution in [2.24, 2.45) is 0 Å². The number of rotatable bonds is 8. The third kappa shape index (κ3) is 5.41. The Hall–Kier alpha value is -1.50. The highest BCUT2D eigenvalue weighted by atomic mass is 32.1. The van der Waals surface area contributed by atoms with E-state index in [0.29, 0.717) is 26.2 Å². The third-order valence-electron chi connectivity index (χ3n) is 2.54. The molecule has 2 aromatic heterocycles. The second-order valence-corrected chi connectivity index (χ2v) is 6.46. The van der Waals surface area contributed by atoms with Gasteiger partial charge in [0.05, 0.1) is 30.2 Å². The molecule has 0 spiro atoms. The summed E-state index contributed by atoms with van der Waals surface area (Å²) in [5, 5.41) is 7.75. The Morgan fingerprint density at radius 1 is 1.48 bits per heavy atom. The zero-order valence-corrected chi connectivity index (χ0v) is 13.6. The van der Waals surface area contributed by atoms with Gasteiger partial charge in [0.2, 0.25) is 5.91 Å². The van der Waals surface area contributed by atoms with E-state index in [9.17, 15) is 4.79 Å². The molecule has 2 rings (SSSR count). The lowest BCUT2D eigenvalue weighted by atomic mass is 10.3. The fraction of sp³-hybridized carbons (Fsp3) is 0.333. The summed E-state index contributed by atoms with van der Waals surface area (Å²) in [5.41, 5.74) is 1.79. The molecule has 0 aromatic carbocycles. The number of thiophene rings is 1. The maximum atomic E-state index is 11.8. The predicted molar refractivity (Wildman–Crippen MR) is 87.8 cm³/mol. The molecule has 0 aliphatic carbocycles. The Bertz CT molecular complexity index is 591. The maximum absolute atomic E-state index is 11.8. The highest BCUT2D eigenvalue weighted by Gasteiger charge is 2.09. The summed E-state index contributed by atoms with van der Waals surface area (Å²) in [4.78, 5) is 17.4. The molecular weight excluding hydrogens is 304 g/mol. The molecule has 112 valence electrons. The van der Waals surface area contributed by atoms with E-state index in [1.165, 1.54) is 0 Å². The van der Waals surface area contributed by atoms with Crippen molar-refractivity contribution < 1.29 is 9.53 Å². The quantitative estimate of drug-likeness (QED) is 0.600. The highest BCUT2D eigenvalue weighted by molar-refractivity contribution is 7.20. The third-order valence-corrected chi connectivity index (χ3v) is 4.47. The second-order valence-electron chi connectivity index (χ2n) is 4.66. The summed E-state index contributed by atoms with van der Waals surface area (Å²) in [6.07, 6.45) is 0.308. The first-order valence-electron chi connectivity index (χ1n) is 6.62. The molecule has 0 saturated carbocycles. The summed E-state index contributed by atoms with van der Waals surface area (Å²) >= 11 is 3.22. The normalized spacial score (nSPS) is 10.5. The van der Waals surface area contributed by atoms with Gasteiger partial charge in [-0.15, -0.1) is 22.7 Å². The number of aromatic nitrogens is 1. The monoisotopic (exact) mass is 322 g/mol. The summed E-state index contributed by atoms with van der Waals surface area (Å²) < 4.78 is 5.32. The van der Waals surface area contributed by atoms with Crippen LogP contribution in [0.1, 0.15) is 12.6 Å². The number of hydrogen-bond donors (Lipinski definition) is 1. The van der Waals surface area contributed by atoms with Crippen molar-refractivity contribution >= 4 is 28.6 Å². The Labute approximate surface area is 132 Å². The van der Waals surface area contributed by atoms with E-state index in [-0.39, 0.29) is 5.91 Å². The Balaban J connectivity index is 1.72. The summed E-state index contributed by atoms with van der Waals surface area (Å²) in [5.74, 6) is -0.0306. The SMILES string of the molecule is C=C(C)COCCNC(=O)Cc1csc(-c2cccs2)n1. The molecule has 0 atom stereocenters. The van der Waals surface area contributed by atoms with Crippen LogP contribution in [0.15, 0.2) is 35.0 Å². The van der Waals surface area contributed by atoms with Gasteiger partial charge in [-0.2, -0.15) is 0 Å². The number of hydrogen-bond acceptors (Lipinski definition) is 5. The number of carbonyl (C=O) groups excluding carboxylic acids is 1.